The monoisotopic (exact) mass is 376 g/mol. The van der Waals surface area contributed by atoms with Crippen LogP contribution < -0.4 is 5.32 Å². The Kier molecular flexibility index (Phi) is 4.23. The van der Waals surface area contributed by atoms with Crippen LogP contribution in [0, 0.1) is 6.92 Å². The molecular formula is C20H16N4O4. The summed E-state index contributed by atoms with van der Waals surface area (Å²) in [4.78, 5) is 39.0. The van der Waals surface area contributed by atoms with Gasteiger partial charge in [0.05, 0.1) is 11.1 Å². The van der Waals surface area contributed by atoms with Crippen LogP contribution >= 0.6 is 0 Å². The van der Waals surface area contributed by atoms with Crippen LogP contribution in [0.15, 0.2) is 53.3 Å². The summed E-state index contributed by atoms with van der Waals surface area (Å²) in [6.07, 6.45) is 1.21. The zero-order chi connectivity index (χ0) is 19.8. The van der Waals surface area contributed by atoms with Crippen LogP contribution in [0.3, 0.4) is 0 Å². The normalized spacial score (nSPS) is 14.1. The Bertz CT molecular complexity index is 1090. The zero-order valence-corrected chi connectivity index (χ0v) is 15.2. The number of aromatic nitrogens is 2. The number of aryl methyl sites for hydroxylation is 1. The lowest BCUT2D eigenvalue weighted by molar-refractivity contribution is -0.119. The van der Waals surface area contributed by atoms with Gasteiger partial charge in [0.2, 0.25) is 18.2 Å². The number of imide groups is 1. The maximum atomic E-state index is 12.7. The average Bonchev–Trinajstić information content (AvgIpc) is 3.29. The summed E-state index contributed by atoms with van der Waals surface area (Å²) in [5, 5.41) is 10.2. The van der Waals surface area contributed by atoms with E-state index in [-0.39, 0.29) is 0 Å². The van der Waals surface area contributed by atoms with E-state index in [1.54, 1.807) is 42.5 Å². The number of carbonyl (C=O) groups excluding carboxylic acids is 3. The molecule has 8 nitrogen and oxygen atoms in total. The van der Waals surface area contributed by atoms with Gasteiger partial charge in [0, 0.05) is 11.3 Å². The Morgan fingerprint density at radius 3 is 2.64 bits per heavy atom. The predicted molar refractivity (Wildman–Crippen MR) is 99.5 cm³/mol. The van der Waals surface area contributed by atoms with Gasteiger partial charge in [-0.1, -0.05) is 17.7 Å². The second kappa shape index (κ2) is 6.73. The van der Waals surface area contributed by atoms with Gasteiger partial charge in [-0.15, -0.1) is 10.2 Å². The Hall–Kier alpha value is -3.81. The fourth-order valence-electron chi connectivity index (χ4n) is 3.12. The molecule has 0 spiro atoms. The molecule has 0 unspecified atom stereocenters. The first-order chi connectivity index (χ1) is 13.5. The molecule has 1 aliphatic rings. The summed E-state index contributed by atoms with van der Waals surface area (Å²) in [5.41, 5.74) is 2.63. The topological polar surface area (TPSA) is 105 Å². The number of amides is 3. The molecule has 2 aromatic carbocycles. The van der Waals surface area contributed by atoms with E-state index in [1.807, 2.05) is 6.92 Å². The van der Waals surface area contributed by atoms with Crippen molar-refractivity contribution in [2.45, 2.75) is 19.9 Å². The molecule has 1 aromatic heterocycles. The van der Waals surface area contributed by atoms with Crippen molar-refractivity contribution in [3.8, 4) is 11.5 Å². The van der Waals surface area contributed by atoms with Gasteiger partial charge in [-0.2, -0.15) is 0 Å². The number of benzene rings is 2. The maximum Gasteiger partial charge on any atom is 0.262 e. The van der Waals surface area contributed by atoms with Crippen LogP contribution in [0.4, 0.5) is 5.69 Å². The first-order valence-corrected chi connectivity index (χ1v) is 8.61. The highest BCUT2D eigenvalue weighted by atomic mass is 16.4. The van der Waals surface area contributed by atoms with Crippen molar-refractivity contribution < 1.29 is 18.8 Å². The minimum absolute atomic E-state index is 0.314. The molecule has 28 heavy (non-hydrogen) atoms. The molecule has 4 rings (SSSR count). The van der Waals surface area contributed by atoms with Gasteiger partial charge >= 0.3 is 0 Å². The van der Waals surface area contributed by atoms with Gasteiger partial charge in [-0.25, -0.2) is 0 Å². The van der Waals surface area contributed by atoms with E-state index >= 15 is 0 Å². The minimum Gasteiger partial charge on any atom is -0.423 e. The van der Waals surface area contributed by atoms with E-state index in [0.29, 0.717) is 28.3 Å². The molecule has 0 bridgehead atoms. The molecule has 0 aliphatic carbocycles. The van der Waals surface area contributed by atoms with Crippen molar-refractivity contribution in [1.82, 2.24) is 15.1 Å². The summed E-state index contributed by atoms with van der Waals surface area (Å²) in [5.74, 6) is -1.10. The van der Waals surface area contributed by atoms with Crippen LogP contribution in [0.1, 0.15) is 33.2 Å². The Labute approximate surface area is 160 Å². The Morgan fingerprint density at radius 1 is 1.11 bits per heavy atom. The van der Waals surface area contributed by atoms with Crippen molar-refractivity contribution in [3.05, 3.63) is 65.5 Å². The van der Waals surface area contributed by atoms with E-state index in [2.05, 4.69) is 15.5 Å². The van der Waals surface area contributed by atoms with Crippen LogP contribution in [-0.2, 0) is 4.79 Å². The third-order valence-corrected chi connectivity index (χ3v) is 4.58. The van der Waals surface area contributed by atoms with Crippen molar-refractivity contribution in [2.75, 3.05) is 5.32 Å². The highest BCUT2D eigenvalue weighted by molar-refractivity contribution is 6.23. The molecule has 0 saturated carbocycles. The molecule has 1 aliphatic heterocycles. The smallest absolute Gasteiger partial charge is 0.262 e. The number of hydrogen-bond donors (Lipinski definition) is 1. The lowest BCUT2D eigenvalue weighted by Crippen LogP contribution is -2.45. The molecule has 140 valence electrons. The molecule has 2 heterocycles. The second-order valence-corrected chi connectivity index (χ2v) is 6.52. The van der Waals surface area contributed by atoms with Gasteiger partial charge in [0.15, 0.2) is 0 Å². The number of fused-ring (bicyclic) bond motifs is 1. The van der Waals surface area contributed by atoms with Gasteiger partial charge in [-0.3, -0.25) is 19.3 Å². The minimum atomic E-state index is -0.972. The fourth-order valence-corrected chi connectivity index (χ4v) is 3.12. The van der Waals surface area contributed by atoms with Crippen LogP contribution in [0.2, 0.25) is 0 Å². The standard InChI is InChI=1S/C20H16N4O4/c1-11-6-7-15-16(8-11)20(27)24(19(15)26)12(2)17(25)22-14-5-3-4-13(9-14)18-23-21-10-28-18/h3-10,12H,1-2H3,(H,22,25)/t12-/m0/s1. The van der Waals surface area contributed by atoms with Crippen LogP contribution in [0.25, 0.3) is 11.5 Å². The van der Waals surface area contributed by atoms with Crippen molar-refractivity contribution in [3.63, 3.8) is 0 Å². The van der Waals surface area contributed by atoms with Gasteiger partial charge < -0.3 is 9.73 Å². The first kappa shape index (κ1) is 17.6. The van der Waals surface area contributed by atoms with Gasteiger partial charge in [0.1, 0.15) is 6.04 Å². The van der Waals surface area contributed by atoms with E-state index in [9.17, 15) is 14.4 Å². The largest absolute Gasteiger partial charge is 0.423 e. The van der Waals surface area contributed by atoms with E-state index < -0.39 is 23.8 Å². The SMILES string of the molecule is Cc1ccc2c(c1)C(=O)N([C@@H](C)C(=O)Nc1cccc(-c3nnco3)c1)C2=O. The quantitative estimate of drug-likeness (QED) is 0.702. The van der Waals surface area contributed by atoms with Gasteiger partial charge in [0.25, 0.3) is 11.8 Å². The number of nitrogens with one attached hydrogen (secondary N) is 1. The summed E-state index contributed by atoms with van der Waals surface area (Å²) in [6, 6.07) is 10.9. The van der Waals surface area contributed by atoms with Crippen molar-refractivity contribution in [2.24, 2.45) is 0 Å². The highest BCUT2D eigenvalue weighted by Crippen LogP contribution is 2.26. The third-order valence-electron chi connectivity index (χ3n) is 4.58. The maximum absolute atomic E-state index is 12.7. The lowest BCUT2D eigenvalue weighted by atomic mass is 10.1. The Morgan fingerprint density at radius 2 is 1.89 bits per heavy atom. The average molecular weight is 376 g/mol. The predicted octanol–water partition coefficient (Wildman–Crippen LogP) is 2.67. The van der Waals surface area contributed by atoms with E-state index in [4.69, 9.17) is 4.42 Å². The zero-order valence-electron chi connectivity index (χ0n) is 15.2. The summed E-state index contributed by atoms with van der Waals surface area (Å²) >= 11 is 0. The molecule has 1 N–H and O–H groups in total. The number of anilines is 1. The van der Waals surface area contributed by atoms with Gasteiger partial charge in [-0.05, 0) is 44.2 Å². The van der Waals surface area contributed by atoms with Crippen LogP contribution in [-0.4, -0.2) is 38.9 Å². The fraction of sp³-hybridized carbons (Fsp3) is 0.150. The van der Waals surface area contributed by atoms with Crippen molar-refractivity contribution >= 4 is 23.4 Å². The third kappa shape index (κ3) is 2.94. The summed E-state index contributed by atoms with van der Waals surface area (Å²) in [7, 11) is 0. The molecular weight excluding hydrogens is 360 g/mol. The number of carbonyl (C=O) groups is 3. The number of nitrogens with zero attached hydrogens (tertiary/aromatic N) is 3. The molecule has 0 radical (unpaired) electrons. The van der Waals surface area contributed by atoms with Crippen molar-refractivity contribution in [1.29, 1.82) is 0 Å². The molecule has 3 amide bonds. The number of rotatable bonds is 4. The second-order valence-electron chi connectivity index (χ2n) is 6.52. The number of hydrogen-bond acceptors (Lipinski definition) is 6. The molecule has 0 fully saturated rings. The van der Waals surface area contributed by atoms with E-state index in [1.165, 1.54) is 13.3 Å². The molecule has 1 atom stereocenters. The molecule has 0 saturated heterocycles. The molecule has 3 aromatic rings. The van der Waals surface area contributed by atoms with E-state index in [0.717, 1.165) is 10.5 Å². The Balaban J connectivity index is 1.54. The summed E-state index contributed by atoms with van der Waals surface area (Å²) in [6.45, 7) is 3.36. The first-order valence-electron chi connectivity index (χ1n) is 8.61. The summed E-state index contributed by atoms with van der Waals surface area (Å²) < 4.78 is 5.15. The highest BCUT2D eigenvalue weighted by Gasteiger charge is 2.40. The van der Waals surface area contributed by atoms with Crippen LogP contribution in [0.5, 0.6) is 0 Å². The lowest BCUT2D eigenvalue weighted by Gasteiger charge is -2.21. The molecule has 8 heteroatoms.